The minimum absolute atomic E-state index is 0.100. The van der Waals surface area contributed by atoms with Gasteiger partial charge in [-0.2, -0.15) is 0 Å². The van der Waals surface area contributed by atoms with Crippen molar-refractivity contribution in [3.8, 4) is 0 Å². The minimum atomic E-state index is -0.454. The Morgan fingerprint density at radius 3 is 2.55 bits per heavy atom. The van der Waals surface area contributed by atoms with Crippen molar-refractivity contribution in [3.63, 3.8) is 0 Å². The molecular weight excluding hydrogens is 255 g/mol. The van der Waals surface area contributed by atoms with Crippen molar-refractivity contribution in [3.05, 3.63) is 29.6 Å². The molecule has 1 amide bonds. The summed E-state index contributed by atoms with van der Waals surface area (Å²) >= 11 is 0. The first-order valence-electron chi connectivity index (χ1n) is 7.34. The molecule has 2 N–H and O–H groups in total. The van der Waals surface area contributed by atoms with E-state index in [1.165, 1.54) is 12.1 Å². The number of nitrogens with two attached hydrogens (primary N) is 1. The summed E-state index contributed by atoms with van der Waals surface area (Å²) in [7, 11) is 0. The Kier molecular flexibility index (Phi) is 4.63. The number of hydrogen-bond donors (Lipinski definition) is 1. The molecule has 0 radical (unpaired) electrons. The highest BCUT2D eigenvalue weighted by Gasteiger charge is 2.28. The lowest BCUT2D eigenvalue weighted by molar-refractivity contribution is 0.0655. The van der Waals surface area contributed by atoms with Gasteiger partial charge in [-0.3, -0.25) is 4.79 Å². The monoisotopic (exact) mass is 278 g/mol. The van der Waals surface area contributed by atoms with Crippen molar-refractivity contribution in [2.75, 3.05) is 12.3 Å². The number of nitrogen functional groups attached to an aromatic ring is 1. The number of benzene rings is 1. The smallest absolute Gasteiger partial charge is 0.254 e. The molecule has 0 heterocycles. The summed E-state index contributed by atoms with van der Waals surface area (Å²) in [6.45, 7) is 4.89. The Morgan fingerprint density at radius 1 is 1.35 bits per heavy atom. The number of carbonyl (C=O) groups is 1. The van der Waals surface area contributed by atoms with Gasteiger partial charge < -0.3 is 10.6 Å². The molecule has 0 bridgehead atoms. The fraction of sp³-hybridized carbons (Fsp3) is 0.562. The van der Waals surface area contributed by atoms with E-state index in [0.717, 1.165) is 25.7 Å². The number of anilines is 1. The van der Waals surface area contributed by atoms with Crippen molar-refractivity contribution < 1.29 is 9.18 Å². The number of amides is 1. The zero-order chi connectivity index (χ0) is 14.7. The van der Waals surface area contributed by atoms with Gasteiger partial charge in [0.15, 0.2) is 0 Å². The molecule has 0 spiro atoms. The molecule has 1 aliphatic carbocycles. The van der Waals surface area contributed by atoms with E-state index in [4.69, 9.17) is 5.73 Å². The maximum absolute atomic E-state index is 13.4. The van der Waals surface area contributed by atoms with E-state index in [1.54, 1.807) is 6.07 Å². The second-order valence-electron chi connectivity index (χ2n) is 6.06. The summed E-state index contributed by atoms with van der Waals surface area (Å²) in [5, 5.41) is 0. The van der Waals surface area contributed by atoms with Crippen LogP contribution >= 0.6 is 0 Å². The van der Waals surface area contributed by atoms with Gasteiger partial charge in [-0.05, 0) is 37.0 Å². The van der Waals surface area contributed by atoms with Crippen LogP contribution in [0, 0.1) is 11.7 Å². The lowest BCUT2D eigenvalue weighted by atomic mass is 10.1. The predicted octanol–water partition coefficient (Wildman–Crippen LogP) is 3.45. The highest BCUT2D eigenvalue weighted by Crippen LogP contribution is 2.26. The van der Waals surface area contributed by atoms with Crippen LogP contribution in [0.3, 0.4) is 0 Å². The Balaban J connectivity index is 2.24. The lowest BCUT2D eigenvalue weighted by Gasteiger charge is -2.30. The van der Waals surface area contributed by atoms with E-state index < -0.39 is 5.82 Å². The number of nitrogens with zero attached hydrogens (tertiary/aromatic N) is 1. The predicted molar refractivity (Wildman–Crippen MR) is 78.9 cm³/mol. The quantitative estimate of drug-likeness (QED) is 0.857. The van der Waals surface area contributed by atoms with Crippen molar-refractivity contribution in [1.29, 1.82) is 0 Å². The lowest BCUT2D eigenvalue weighted by Crippen LogP contribution is -2.41. The Morgan fingerprint density at radius 2 is 2.00 bits per heavy atom. The third-order valence-electron chi connectivity index (χ3n) is 3.76. The maximum atomic E-state index is 13.4. The summed E-state index contributed by atoms with van der Waals surface area (Å²) in [5.74, 6) is -0.161. The molecule has 110 valence electrons. The van der Waals surface area contributed by atoms with Crippen LogP contribution in [0.5, 0.6) is 0 Å². The summed E-state index contributed by atoms with van der Waals surface area (Å²) in [6.07, 6.45) is 4.42. The van der Waals surface area contributed by atoms with Gasteiger partial charge in [-0.25, -0.2) is 4.39 Å². The molecule has 1 aliphatic rings. The van der Waals surface area contributed by atoms with Crippen LogP contribution in [-0.2, 0) is 0 Å². The van der Waals surface area contributed by atoms with Gasteiger partial charge in [0, 0.05) is 23.8 Å². The molecule has 0 unspecified atom stereocenters. The Labute approximate surface area is 120 Å². The van der Waals surface area contributed by atoms with Crippen LogP contribution in [0.2, 0.25) is 0 Å². The van der Waals surface area contributed by atoms with Gasteiger partial charge in [0.1, 0.15) is 5.82 Å². The van der Waals surface area contributed by atoms with Crippen molar-refractivity contribution in [2.45, 2.75) is 45.6 Å². The molecule has 2 rings (SSSR count). The molecule has 1 saturated carbocycles. The average molecular weight is 278 g/mol. The van der Waals surface area contributed by atoms with Gasteiger partial charge in [0.05, 0.1) is 0 Å². The third kappa shape index (κ3) is 3.50. The van der Waals surface area contributed by atoms with Crippen LogP contribution in [-0.4, -0.2) is 23.4 Å². The van der Waals surface area contributed by atoms with E-state index in [0.29, 0.717) is 23.7 Å². The molecule has 0 aromatic heterocycles. The Hall–Kier alpha value is -1.58. The van der Waals surface area contributed by atoms with E-state index in [9.17, 15) is 9.18 Å². The second kappa shape index (κ2) is 6.25. The van der Waals surface area contributed by atoms with Gasteiger partial charge in [0.2, 0.25) is 0 Å². The third-order valence-corrected chi connectivity index (χ3v) is 3.76. The largest absolute Gasteiger partial charge is 0.399 e. The van der Waals surface area contributed by atoms with E-state index in [2.05, 4.69) is 13.8 Å². The molecule has 0 saturated heterocycles. The second-order valence-corrected chi connectivity index (χ2v) is 6.06. The van der Waals surface area contributed by atoms with Gasteiger partial charge >= 0.3 is 0 Å². The molecule has 0 aliphatic heterocycles. The Bertz CT molecular complexity index is 461. The fourth-order valence-electron chi connectivity index (χ4n) is 2.91. The zero-order valence-electron chi connectivity index (χ0n) is 12.2. The first kappa shape index (κ1) is 14.8. The first-order valence-corrected chi connectivity index (χ1v) is 7.34. The maximum Gasteiger partial charge on any atom is 0.254 e. The minimum Gasteiger partial charge on any atom is -0.399 e. The molecule has 4 heteroatoms. The highest BCUT2D eigenvalue weighted by molar-refractivity contribution is 5.95. The zero-order valence-corrected chi connectivity index (χ0v) is 12.2. The summed E-state index contributed by atoms with van der Waals surface area (Å²) in [6, 6.07) is 4.36. The fourth-order valence-corrected chi connectivity index (χ4v) is 2.91. The van der Waals surface area contributed by atoms with E-state index in [-0.39, 0.29) is 11.9 Å². The number of halogens is 1. The van der Waals surface area contributed by atoms with Crippen molar-refractivity contribution in [2.24, 2.45) is 5.92 Å². The van der Waals surface area contributed by atoms with Crippen LogP contribution in [0.4, 0.5) is 10.1 Å². The molecule has 0 atom stereocenters. The number of carbonyl (C=O) groups excluding carboxylic acids is 1. The summed E-state index contributed by atoms with van der Waals surface area (Å²) in [4.78, 5) is 14.6. The standard InChI is InChI=1S/C16H23FN2O/c1-11(2)10-19(15-5-3-4-6-15)16(20)12-7-13(17)9-14(18)8-12/h7-9,11,15H,3-6,10,18H2,1-2H3. The number of hydrogen-bond acceptors (Lipinski definition) is 2. The van der Waals surface area contributed by atoms with Crippen LogP contribution in [0.25, 0.3) is 0 Å². The van der Waals surface area contributed by atoms with Gasteiger partial charge in [0.25, 0.3) is 5.91 Å². The molecule has 1 aromatic carbocycles. The van der Waals surface area contributed by atoms with Crippen LogP contribution in [0.1, 0.15) is 49.9 Å². The van der Waals surface area contributed by atoms with Crippen molar-refractivity contribution >= 4 is 11.6 Å². The van der Waals surface area contributed by atoms with E-state index >= 15 is 0 Å². The van der Waals surface area contributed by atoms with Crippen molar-refractivity contribution in [1.82, 2.24) is 4.90 Å². The van der Waals surface area contributed by atoms with Gasteiger partial charge in [-0.15, -0.1) is 0 Å². The molecule has 20 heavy (non-hydrogen) atoms. The molecule has 3 nitrogen and oxygen atoms in total. The SMILES string of the molecule is CC(C)CN(C(=O)c1cc(N)cc(F)c1)C1CCCC1. The summed E-state index contributed by atoms with van der Waals surface area (Å²) < 4.78 is 13.4. The average Bonchev–Trinajstić information content (AvgIpc) is 2.87. The normalized spacial score (nSPS) is 15.8. The topological polar surface area (TPSA) is 46.3 Å². The molecular formula is C16H23FN2O. The molecule has 1 aromatic rings. The van der Waals surface area contributed by atoms with Crippen LogP contribution in [0.15, 0.2) is 18.2 Å². The van der Waals surface area contributed by atoms with E-state index in [1.807, 2.05) is 4.90 Å². The van der Waals surface area contributed by atoms with Crippen LogP contribution < -0.4 is 5.73 Å². The molecule has 1 fully saturated rings. The van der Waals surface area contributed by atoms with Gasteiger partial charge in [-0.1, -0.05) is 26.7 Å². The first-order chi connectivity index (χ1) is 9.47. The number of rotatable bonds is 4. The highest BCUT2D eigenvalue weighted by atomic mass is 19.1. The summed E-state index contributed by atoms with van der Waals surface area (Å²) in [5.41, 5.74) is 6.29.